The van der Waals surface area contributed by atoms with Crippen LogP contribution in [0, 0.1) is 0 Å². The Morgan fingerprint density at radius 2 is 2.10 bits per heavy atom. The summed E-state index contributed by atoms with van der Waals surface area (Å²) in [6.07, 6.45) is 1.52. The maximum atomic E-state index is 11.8. The summed E-state index contributed by atoms with van der Waals surface area (Å²) in [6, 6.07) is 10.4. The Labute approximate surface area is 127 Å². The molecular formula is C14H7BrClNO3. The van der Waals surface area contributed by atoms with Crippen LogP contribution in [0.4, 0.5) is 0 Å². The summed E-state index contributed by atoms with van der Waals surface area (Å²) in [6.45, 7) is 0. The first-order valence-corrected chi connectivity index (χ1v) is 6.83. The molecule has 0 amide bonds. The number of aliphatic imine (C=N–C) groups is 1. The van der Waals surface area contributed by atoms with E-state index in [1.54, 1.807) is 36.4 Å². The Morgan fingerprint density at radius 1 is 1.25 bits per heavy atom. The number of esters is 1. The lowest BCUT2D eigenvalue weighted by molar-refractivity contribution is -0.129. The third-order valence-electron chi connectivity index (χ3n) is 2.57. The van der Waals surface area contributed by atoms with Crippen molar-refractivity contribution in [2.75, 3.05) is 0 Å². The van der Waals surface area contributed by atoms with Crippen molar-refractivity contribution in [1.82, 2.24) is 0 Å². The fraction of sp³-hybridized carbons (Fsp3) is 0. The zero-order valence-electron chi connectivity index (χ0n) is 9.97. The molecule has 1 aliphatic rings. The van der Waals surface area contributed by atoms with Crippen molar-refractivity contribution in [1.29, 1.82) is 0 Å². The third kappa shape index (κ3) is 2.69. The fourth-order valence-corrected chi connectivity index (χ4v) is 2.20. The zero-order chi connectivity index (χ0) is 14.1. The predicted molar refractivity (Wildman–Crippen MR) is 78.5 cm³/mol. The topological polar surface area (TPSA) is 51.8 Å². The van der Waals surface area contributed by atoms with Crippen LogP contribution in [0.3, 0.4) is 0 Å². The third-order valence-corrected chi connectivity index (χ3v) is 3.23. The molecule has 0 saturated carbocycles. The molecule has 4 nitrogen and oxygen atoms in total. The Balaban J connectivity index is 1.94. The molecule has 0 bridgehead atoms. The van der Waals surface area contributed by atoms with Crippen LogP contribution in [0.5, 0.6) is 0 Å². The molecule has 0 unspecified atom stereocenters. The fourth-order valence-electron chi connectivity index (χ4n) is 1.69. The minimum Gasteiger partial charge on any atom is -0.450 e. The lowest BCUT2D eigenvalue weighted by Gasteiger charge is -1.98. The highest BCUT2D eigenvalue weighted by molar-refractivity contribution is 9.10. The Bertz CT molecular complexity index is 748. The van der Waals surface area contributed by atoms with Crippen LogP contribution in [-0.4, -0.2) is 11.9 Å². The van der Waals surface area contributed by atoms with Gasteiger partial charge in [0.1, 0.15) is 5.76 Å². The summed E-state index contributed by atoms with van der Waals surface area (Å²) in [5, 5.41) is 0.550. The highest BCUT2D eigenvalue weighted by Gasteiger charge is 2.24. The second kappa shape index (κ2) is 5.26. The van der Waals surface area contributed by atoms with Crippen LogP contribution < -0.4 is 0 Å². The second-order valence-corrected chi connectivity index (χ2v) is 5.21. The van der Waals surface area contributed by atoms with Gasteiger partial charge < -0.3 is 9.15 Å². The smallest absolute Gasteiger partial charge is 0.363 e. The highest BCUT2D eigenvalue weighted by atomic mass is 79.9. The molecule has 0 N–H and O–H groups in total. The number of benzene rings is 1. The van der Waals surface area contributed by atoms with Gasteiger partial charge in [-0.05, 0) is 46.3 Å². The van der Waals surface area contributed by atoms with E-state index in [1.807, 2.05) is 0 Å². The summed E-state index contributed by atoms with van der Waals surface area (Å²) >= 11 is 9.09. The first kappa shape index (κ1) is 13.1. The van der Waals surface area contributed by atoms with Gasteiger partial charge in [-0.25, -0.2) is 9.79 Å². The van der Waals surface area contributed by atoms with Crippen LogP contribution in [0.1, 0.15) is 11.3 Å². The zero-order valence-corrected chi connectivity index (χ0v) is 12.3. The van der Waals surface area contributed by atoms with E-state index >= 15 is 0 Å². The van der Waals surface area contributed by atoms with E-state index in [0.717, 1.165) is 0 Å². The molecule has 1 aromatic carbocycles. The highest BCUT2D eigenvalue weighted by Crippen LogP contribution is 2.22. The minimum atomic E-state index is -0.521. The number of carbonyl (C=O) groups is 1. The summed E-state index contributed by atoms with van der Waals surface area (Å²) in [7, 11) is 0. The van der Waals surface area contributed by atoms with Crippen molar-refractivity contribution in [3.63, 3.8) is 0 Å². The van der Waals surface area contributed by atoms with Gasteiger partial charge >= 0.3 is 5.97 Å². The van der Waals surface area contributed by atoms with E-state index in [1.165, 1.54) is 6.08 Å². The first-order valence-electron chi connectivity index (χ1n) is 5.66. The van der Waals surface area contributed by atoms with Crippen molar-refractivity contribution in [3.05, 3.63) is 63.1 Å². The molecular weight excluding hydrogens is 346 g/mol. The van der Waals surface area contributed by atoms with Crippen LogP contribution in [-0.2, 0) is 9.53 Å². The van der Waals surface area contributed by atoms with Gasteiger partial charge in [0.05, 0.1) is 0 Å². The molecule has 6 heteroatoms. The Kier molecular flexibility index (Phi) is 3.46. The number of nitrogens with zero attached hydrogens (tertiary/aromatic N) is 1. The van der Waals surface area contributed by atoms with E-state index in [9.17, 15) is 4.79 Å². The van der Waals surface area contributed by atoms with Gasteiger partial charge in [-0.15, -0.1) is 0 Å². The number of hydrogen-bond acceptors (Lipinski definition) is 4. The first-order chi connectivity index (χ1) is 9.61. The molecule has 1 aromatic heterocycles. The van der Waals surface area contributed by atoms with E-state index in [2.05, 4.69) is 20.9 Å². The minimum absolute atomic E-state index is 0.182. The van der Waals surface area contributed by atoms with Crippen LogP contribution >= 0.6 is 27.5 Å². The van der Waals surface area contributed by atoms with Gasteiger partial charge in [0, 0.05) is 16.7 Å². The van der Waals surface area contributed by atoms with Crippen molar-refractivity contribution < 1.29 is 13.9 Å². The van der Waals surface area contributed by atoms with Gasteiger partial charge in [-0.1, -0.05) is 17.7 Å². The maximum Gasteiger partial charge on any atom is 0.363 e. The number of cyclic esters (lactones) is 1. The summed E-state index contributed by atoms with van der Waals surface area (Å²) in [5.74, 6) is 0.224. The van der Waals surface area contributed by atoms with Gasteiger partial charge in [-0.2, -0.15) is 0 Å². The molecule has 0 spiro atoms. The van der Waals surface area contributed by atoms with Gasteiger partial charge in [0.2, 0.25) is 5.90 Å². The number of halogens is 2. The number of rotatable bonds is 2. The lowest BCUT2D eigenvalue weighted by Crippen LogP contribution is -2.05. The molecule has 0 fully saturated rings. The Hall–Kier alpha value is -1.85. The molecule has 0 radical (unpaired) electrons. The molecule has 1 aliphatic heterocycles. The van der Waals surface area contributed by atoms with E-state index in [4.69, 9.17) is 20.8 Å². The number of ether oxygens (including phenoxy) is 1. The van der Waals surface area contributed by atoms with Crippen molar-refractivity contribution in [2.45, 2.75) is 0 Å². The summed E-state index contributed by atoms with van der Waals surface area (Å²) in [4.78, 5) is 15.9. The monoisotopic (exact) mass is 351 g/mol. The number of furan rings is 1. The largest absolute Gasteiger partial charge is 0.450 e. The molecule has 0 saturated heterocycles. The average molecular weight is 353 g/mol. The van der Waals surface area contributed by atoms with E-state index in [-0.39, 0.29) is 11.6 Å². The normalized spacial score (nSPS) is 16.4. The Morgan fingerprint density at radius 3 is 2.80 bits per heavy atom. The SMILES string of the molecule is O=C1OC(c2cccc(Cl)c2)=N/C1=C\c1ccc(Br)o1. The number of carbonyl (C=O) groups excluding carboxylic acids is 1. The van der Waals surface area contributed by atoms with E-state index in [0.29, 0.717) is 21.0 Å². The summed E-state index contributed by atoms with van der Waals surface area (Å²) < 4.78 is 11.0. The second-order valence-electron chi connectivity index (χ2n) is 3.99. The number of hydrogen-bond donors (Lipinski definition) is 0. The standard InChI is InChI=1S/C14H7BrClNO3/c15-12-5-4-10(19-12)7-11-14(18)20-13(17-11)8-2-1-3-9(16)6-8/h1-7H/b11-7-. The van der Waals surface area contributed by atoms with Crippen LogP contribution in [0.2, 0.25) is 5.02 Å². The van der Waals surface area contributed by atoms with Crippen molar-refractivity contribution >= 4 is 45.5 Å². The van der Waals surface area contributed by atoms with Gasteiger partial charge in [-0.3, -0.25) is 0 Å². The predicted octanol–water partition coefficient (Wildman–Crippen LogP) is 4.04. The molecule has 2 aromatic rings. The molecule has 3 rings (SSSR count). The van der Waals surface area contributed by atoms with Crippen LogP contribution in [0.25, 0.3) is 6.08 Å². The van der Waals surface area contributed by atoms with E-state index < -0.39 is 5.97 Å². The van der Waals surface area contributed by atoms with Gasteiger partial charge in [0.25, 0.3) is 0 Å². The van der Waals surface area contributed by atoms with Crippen molar-refractivity contribution in [2.24, 2.45) is 4.99 Å². The quantitative estimate of drug-likeness (QED) is 0.605. The molecule has 2 heterocycles. The summed E-state index contributed by atoms with van der Waals surface area (Å²) in [5.41, 5.74) is 0.830. The molecule has 100 valence electrons. The average Bonchev–Trinajstić information content (AvgIpc) is 2.97. The molecule has 0 aliphatic carbocycles. The van der Waals surface area contributed by atoms with Gasteiger partial charge in [0.15, 0.2) is 10.4 Å². The molecule has 0 atom stereocenters. The van der Waals surface area contributed by atoms with Crippen LogP contribution in [0.15, 0.2) is 56.2 Å². The van der Waals surface area contributed by atoms with Crippen molar-refractivity contribution in [3.8, 4) is 0 Å². The lowest BCUT2D eigenvalue weighted by atomic mass is 10.2. The maximum absolute atomic E-state index is 11.8. The molecule has 20 heavy (non-hydrogen) atoms.